The van der Waals surface area contributed by atoms with E-state index in [9.17, 15) is 4.79 Å². The van der Waals surface area contributed by atoms with Crippen LogP contribution in [0.2, 0.25) is 0 Å². The Morgan fingerprint density at radius 3 is 2.50 bits per heavy atom. The summed E-state index contributed by atoms with van der Waals surface area (Å²) in [5, 5.41) is 8.92. The summed E-state index contributed by atoms with van der Waals surface area (Å²) >= 11 is 0. The lowest BCUT2D eigenvalue weighted by Crippen LogP contribution is -2.41. The molecule has 0 saturated carbocycles. The smallest absolute Gasteiger partial charge is 0.219 e. The first-order valence-electron chi connectivity index (χ1n) is 6.26. The van der Waals surface area contributed by atoms with Crippen LogP contribution in [0.25, 0.3) is 0 Å². The molecule has 0 bridgehead atoms. The van der Waals surface area contributed by atoms with E-state index in [4.69, 9.17) is 5.11 Å². The van der Waals surface area contributed by atoms with Gasteiger partial charge in [-0.15, -0.1) is 0 Å². The summed E-state index contributed by atoms with van der Waals surface area (Å²) in [4.78, 5) is 15.4. The third-order valence-electron chi connectivity index (χ3n) is 3.44. The average Bonchev–Trinajstić information content (AvgIpc) is 2.29. The van der Waals surface area contributed by atoms with Crippen molar-refractivity contribution in [2.75, 3.05) is 39.3 Å². The first-order chi connectivity index (χ1) is 7.67. The second-order valence-electron chi connectivity index (χ2n) is 4.57. The van der Waals surface area contributed by atoms with Gasteiger partial charge >= 0.3 is 0 Å². The fraction of sp³-hybridized carbons (Fsp3) is 0.917. The van der Waals surface area contributed by atoms with Crippen molar-refractivity contribution < 1.29 is 9.90 Å². The Morgan fingerprint density at radius 1 is 1.44 bits per heavy atom. The maximum absolute atomic E-state index is 11.2. The summed E-state index contributed by atoms with van der Waals surface area (Å²) in [6.07, 6.45) is 2.20. The Hall–Kier alpha value is -0.610. The SMILES string of the molecule is CCN(CCO)CC1CCN(C(C)=O)CC1. The van der Waals surface area contributed by atoms with Crippen molar-refractivity contribution in [1.29, 1.82) is 0 Å². The van der Waals surface area contributed by atoms with Crippen molar-refractivity contribution in [3.05, 3.63) is 0 Å². The number of nitrogens with zero attached hydrogens (tertiary/aromatic N) is 2. The molecule has 1 aliphatic heterocycles. The Labute approximate surface area is 98.2 Å². The standard InChI is InChI=1S/C12H24N2O2/c1-3-13(8-9-15)10-12-4-6-14(7-5-12)11(2)16/h12,15H,3-10H2,1-2H3. The third-order valence-corrected chi connectivity index (χ3v) is 3.44. The van der Waals surface area contributed by atoms with Gasteiger partial charge in [0.15, 0.2) is 0 Å². The van der Waals surface area contributed by atoms with Gasteiger partial charge in [-0.3, -0.25) is 4.79 Å². The Kier molecular flexibility index (Phi) is 5.77. The van der Waals surface area contributed by atoms with Crippen LogP contribution in [-0.4, -0.2) is 60.1 Å². The molecule has 16 heavy (non-hydrogen) atoms. The Balaban J connectivity index is 2.28. The van der Waals surface area contributed by atoms with E-state index in [-0.39, 0.29) is 12.5 Å². The number of aliphatic hydroxyl groups is 1. The Morgan fingerprint density at radius 2 is 2.06 bits per heavy atom. The first-order valence-corrected chi connectivity index (χ1v) is 6.26. The van der Waals surface area contributed by atoms with Gasteiger partial charge in [-0.1, -0.05) is 6.92 Å². The van der Waals surface area contributed by atoms with E-state index in [1.54, 1.807) is 6.92 Å². The normalized spacial score (nSPS) is 18.1. The molecule has 1 fully saturated rings. The molecule has 0 radical (unpaired) electrons. The molecule has 0 atom stereocenters. The summed E-state index contributed by atoms with van der Waals surface area (Å²) in [6.45, 7) is 8.62. The predicted molar refractivity (Wildman–Crippen MR) is 64.2 cm³/mol. The monoisotopic (exact) mass is 228 g/mol. The summed E-state index contributed by atoms with van der Waals surface area (Å²) in [7, 11) is 0. The van der Waals surface area contributed by atoms with Gasteiger partial charge in [0, 0.05) is 33.1 Å². The largest absolute Gasteiger partial charge is 0.395 e. The molecule has 1 saturated heterocycles. The van der Waals surface area contributed by atoms with Gasteiger partial charge < -0.3 is 14.9 Å². The van der Waals surface area contributed by atoms with Crippen LogP contribution in [0.4, 0.5) is 0 Å². The molecule has 0 aromatic rings. The zero-order chi connectivity index (χ0) is 12.0. The lowest BCUT2D eigenvalue weighted by molar-refractivity contribution is -0.130. The highest BCUT2D eigenvalue weighted by atomic mass is 16.3. The minimum Gasteiger partial charge on any atom is -0.395 e. The number of likely N-dealkylation sites (N-methyl/N-ethyl adjacent to an activating group) is 1. The van der Waals surface area contributed by atoms with Crippen LogP contribution in [0, 0.1) is 5.92 Å². The molecule has 1 rings (SSSR count). The average molecular weight is 228 g/mol. The van der Waals surface area contributed by atoms with E-state index in [0.29, 0.717) is 5.92 Å². The van der Waals surface area contributed by atoms with Gasteiger partial charge in [0.1, 0.15) is 0 Å². The van der Waals surface area contributed by atoms with E-state index < -0.39 is 0 Å². The second-order valence-corrected chi connectivity index (χ2v) is 4.57. The highest BCUT2D eigenvalue weighted by Gasteiger charge is 2.21. The third kappa shape index (κ3) is 4.10. The molecule has 1 heterocycles. The number of hydrogen-bond donors (Lipinski definition) is 1. The molecule has 0 aromatic heterocycles. The van der Waals surface area contributed by atoms with E-state index in [2.05, 4.69) is 11.8 Å². The van der Waals surface area contributed by atoms with Gasteiger partial charge in [0.25, 0.3) is 0 Å². The maximum Gasteiger partial charge on any atom is 0.219 e. The van der Waals surface area contributed by atoms with E-state index in [0.717, 1.165) is 45.6 Å². The summed E-state index contributed by atoms with van der Waals surface area (Å²) in [5.74, 6) is 0.878. The van der Waals surface area contributed by atoms with Crippen molar-refractivity contribution in [2.24, 2.45) is 5.92 Å². The molecule has 4 nitrogen and oxygen atoms in total. The van der Waals surface area contributed by atoms with Crippen LogP contribution in [0.15, 0.2) is 0 Å². The quantitative estimate of drug-likeness (QED) is 0.748. The van der Waals surface area contributed by atoms with Crippen molar-refractivity contribution in [1.82, 2.24) is 9.80 Å². The van der Waals surface area contributed by atoms with Gasteiger partial charge in [-0.2, -0.15) is 0 Å². The maximum atomic E-state index is 11.2. The minimum atomic E-state index is 0.196. The van der Waals surface area contributed by atoms with Crippen LogP contribution >= 0.6 is 0 Å². The highest BCUT2D eigenvalue weighted by molar-refractivity contribution is 5.73. The number of rotatable bonds is 5. The lowest BCUT2D eigenvalue weighted by atomic mass is 9.96. The van der Waals surface area contributed by atoms with Gasteiger partial charge in [-0.25, -0.2) is 0 Å². The van der Waals surface area contributed by atoms with Crippen LogP contribution in [-0.2, 0) is 4.79 Å². The number of carbonyl (C=O) groups is 1. The molecule has 1 N–H and O–H groups in total. The number of hydrogen-bond acceptors (Lipinski definition) is 3. The summed E-state index contributed by atoms with van der Waals surface area (Å²) in [5.41, 5.74) is 0. The molecular formula is C12H24N2O2. The van der Waals surface area contributed by atoms with Crippen LogP contribution in [0.5, 0.6) is 0 Å². The predicted octanol–water partition coefficient (Wildman–Crippen LogP) is 0.559. The fourth-order valence-corrected chi connectivity index (χ4v) is 2.32. The van der Waals surface area contributed by atoms with Gasteiger partial charge in [0.2, 0.25) is 5.91 Å². The van der Waals surface area contributed by atoms with Crippen molar-refractivity contribution in [3.63, 3.8) is 0 Å². The van der Waals surface area contributed by atoms with E-state index in [1.165, 1.54) is 0 Å². The molecule has 0 unspecified atom stereocenters. The molecule has 1 aliphatic rings. The van der Waals surface area contributed by atoms with Crippen molar-refractivity contribution in [3.8, 4) is 0 Å². The number of amides is 1. The zero-order valence-corrected chi connectivity index (χ0v) is 10.5. The molecule has 0 aromatic carbocycles. The molecular weight excluding hydrogens is 204 g/mol. The van der Waals surface area contributed by atoms with E-state index >= 15 is 0 Å². The topological polar surface area (TPSA) is 43.8 Å². The number of likely N-dealkylation sites (tertiary alicyclic amines) is 1. The minimum absolute atomic E-state index is 0.196. The molecule has 94 valence electrons. The summed E-state index contributed by atoms with van der Waals surface area (Å²) < 4.78 is 0. The van der Waals surface area contributed by atoms with E-state index in [1.807, 2.05) is 4.90 Å². The molecule has 0 spiro atoms. The van der Waals surface area contributed by atoms with Gasteiger partial charge in [0.05, 0.1) is 6.61 Å². The highest BCUT2D eigenvalue weighted by Crippen LogP contribution is 2.18. The number of carbonyl (C=O) groups excluding carboxylic acids is 1. The second kappa shape index (κ2) is 6.86. The Bertz CT molecular complexity index is 213. The first kappa shape index (κ1) is 13.5. The number of piperidine rings is 1. The van der Waals surface area contributed by atoms with Crippen molar-refractivity contribution in [2.45, 2.75) is 26.7 Å². The zero-order valence-electron chi connectivity index (χ0n) is 10.5. The summed E-state index contributed by atoms with van der Waals surface area (Å²) in [6, 6.07) is 0. The van der Waals surface area contributed by atoms with Crippen molar-refractivity contribution >= 4 is 5.91 Å². The molecule has 4 heteroatoms. The van der Waals surface area contributed by atoms with Gasteiger partial charge in [-0.05, 0) is 25.3 Å². The number of aliphatic hydroxyl groups excluding tert-OH is 1. The van der Waals surface area contributed by atoms with Crippen LogP contribution in [0.3, 0.4) is 0 Å². The van der Waals surface area contributed by atoms with Crippen LogP contribution in [0.1, 0.15) is 26.7 Å². The molecule has 0 aliphatic carbocycles. The van der Waals surface area contributed by atoms with Crippen LogP contribution < -0.4 is 0 Å². The molecule has 1 amide bonds. The fourth-order valence-electron chi connectivity index (χ4n) is 2.32. The lowest BCUT2D eigenvalue weighted by Gasteiger charge is -2.34.